The van der Waals surface area contributed by atoms with Gasteiger partial charge >= 0.3 is 0 Å². The number of benzene rings is 1. The van der Waals surface area contributed by atoms with Crippen molar-refractivity contribution in [2.45, 2.75) is 49.8 Å². The molecule has 2 fully saturated rings. The molecule has 1 aliphatic heterocycles. The first-order valence-corrected chi connectivity index (χ1v) is 6.90. The van der Waals surface area contributed by atoms with E-state index in [2.05, 4.69) is 0 Å². The van der Waals surface area contributed by atoms with Crippen LogP contribution in [-0.2, 0) is 11.8 Å². The zero-order valence-electron chi connectivity index (χ0n) is 21.7. The van der Waals surface area contributed by atoms with Crippen molar-refractivity contribution in [2.24, 2.45) is 5.89 Å². The lowest BCUT2D eigenvalue weighted by Gasteiger charge is -2.58. The molecule has 1 saturated carbocycles. The number of hydrogen-bond acceptors (Lipinski definition) is 2. The van der Waals surface area contributed by atoms with Crippen LogP contribution in [0.5, 0.6) is 5.75 Å². The first kappa shape index (κ1) is 6.00. The van der Waals surface area contributed by atoms with Crippen molar-refractivity contribution in [3.8, 4) is 5.75 Å². The minimum atomic E-state index is -3.35. The van der Waals surface area contributed by atoms with Gasteiger partial charge in [-0.3, -0.25) is 0 Å². The predicted molar refractivity (Wildman–Crippen MR) is 81.4 cm³/mol. The molecule has 1 aromatic rings. The highest BCUT2D eigenvalue weighted by Crippen LogP contribution is 2.55. The Labute approximate surface area is 136 Å². The molecule has 2 bridgehead atoms. The molecule has 3 atom stereocenters. The molecule has 0 amide bonds. The van der Waals surface area contributed by atoms with Gasteiger partial charge in [0.15, 0.2) is 0 Å². The van der Waals surface area contributed by atoms with Crippen molar-refractivity contribution in [3.63, 3.8) is 0 Å². The van der Waals surface area contributed by atoms with Crippen molar-refractivity contribution in [2.75, 3.05) is 20.7 Å². The standard InChI is InChI=1S/C18H25NO/c1-19-10-9-18-8-4-3-5-15(18)17(19)11-13-6-7-14(20-2)12-16(13)18/h6-7,12,15,17H,3-5,8-11H2,1-2H3/t15-,17+,18+/m1/s1/i3D2,4D2,5D2,8D2,15D,17D. The summed E-state index contributed by atoms with van der Waals surface area (Å²) in [6.07, 6.45) is -13.0. The maximum atomic E-state index is 9.47. The summed E-state index contributed by atoms with van der Waals surface area (Å²) in [5.41, 5.74) is -1.34. The number of likely N-dealkylation sites (N-methyl/N-ethyl adjacent to an activating group) is 1. The number of fused-ring (bicyclic) bond motifs is 1. The first-order valence-electron chi connectivity index (χ1n) is 11.9. The fraction of sp³-hybridized carbons (Fsp3) is 0.667. The van der Waals surface area contributed by atoms with Crippen LogP contribution >= 0.6 is 0 Å². The lowest BCUT2D eigenvalue weighted by molar-refractivity contribution is 0.00274. The van der Waals surface area contributed by atoms with E-state index in [0.29, 0.717) is 11.3 Å². The van der Waals surface area contributed by atoms with E-state index < -0.39 is 42.8 Å². The number of likely N-dealkylation sites (tertiary alicyclic amines) is 1. The highest BCUT2D eigenvalue weighted by Gasteiger charge is 2.53. The van der Waals surface area contributed by atoms with Gasteiger partial charge in [0.05, 0.1) is 7.11 Å². The van der Waals surface area contributed by atoms with E-state index in [0.717, 1.165) is 0 Å². The Bertz CT molecular complexity index is 920. The van der Waals surface area contributed by atoms with Gasteiger partial charge in [-0.25, -0.2) is 0 Å². The van der Waals surface area contributed by atoms with Gasteiger partial charge < -0.3 is 9.64 Å². The molecule has 3 aliphatic rings. The average Bonchev–Trinajstić information content (AvgIpc) is 2.65. The third kappa shape index (κ3) is 1.60. The minimum absolute atomic E-state index is 0.108. The SMILES string of the molecule is [2H]C1([2H])C([2H])([2H])C([2H])([2H])[C@@]23CCN(C)[C@@]([2H])(Cc4ccc(OC)cc42)[C@@]3([2H])C1([2H])[2H]. The second-order valence-corrected chi connectivity index (χ2v) is 5.60. The minimum Gasteiger partial charge on any atom is -0.497 e. The molecule has 4 rings (SSSR count). The first-order chi connectivity index (χ1) is 13.5. The Morgan fingerprint density at radius 1 is 1.45 bits per heavy atom. The molecule has 20 heavy (non-hydrogen) atoms. The molecular weight excluding hydrogens is 246 g/mol. The Morgan fingerprint density at radius 2 is 2.35 bits per heavy atom. The summed E-state index contributed by atoms with van der Waals surface area (Å²) < 4.78 is 93.0. The second-order valence-electron chi connectivity index (χ2n) is 5.60. The Balaban J connectivity index is 2.23. The molecular formula is C18H25NO. The summed E-state index contributed by atoms with van der Waals surface area (Å²) in [6, 6.07) is 2.80. The number of piperidine rings is 1. The summed E-state index contributed by atoms with van der Waals surface area (Å²) in [6.45, 7) is 0.148. The normalized spacial score (nSPS) is 60.9. The second kappa shape index (κ2) is 4.49. The summed E-state index contributed by atoms with van der Waals surface area (Å²) >= 11 is 0. The molecule has 1 aromatic carbocycles. The van der Waals surface area contributed by atoms with Gasteiger partial charge in [0.2, 0.25) is 0 Å². The molecule has 0 aromatic heterocycles. The van der Waals surface area contributed by atoms with Crippen LogP contribution in [0.3, 0.4) is 0 Å². The zero-order valence-corrected chi connectivity index (χ0v) is 11.7. The monoisotopic (exact) mass is 281 g/mol. The van der Waals surface area contributed by atoms with Gasteiger partial charge in [-0.05, 0) is 68.3 Å². The molecule has 1 saturated heterocycles. The van der Waals surface area contributed by atoms with Gasteiger partial charge in [-0.2, -0.15) is 0 Å². The number of hydrogen-bond donors (Lipinski definition) is 0. The van der Waals surface area contributed by atoms with Crippen LogP contribution in [0.1, 0.15) is 56.7 Å². The molecule has 2 nitrogen and oxygen atoms in total. The van der Waals surface area contributed by atoms with Crippen molar-refractivity contribution in [1.82, 2.24) is 4.90 Å². The van der Waals surface area contributed by atoms with Gasteiger partial charge in [0.25, 0.3) is 0 Å². The number of rotatable bonds is 1. The number of nitrogens with zero attached hydrogens (tertiary/aromatic N) is 1. The van der Waals surface area contributed by atoms with Crippen molar-refractivity contribution in [3.05, 3.63) is 29.3 Å². The lowest BCUT2D eigenvalue weighted by Crippen LogP contribution is -2.59. The van der Waals surface area contributed by atoms with E-state index in [1.54, 1.807) is 19.2 Å². The number of methoxy groups -OCH3 is 1. The smallest absolute Gasteiger partial charge is 0.119 e. The van der Waals surface area contributed by atoms with E-state index in [1.807, 2.05) is 0 Å². The van der Waals surface area contributed by atoms with Gasteiger partial charge in [-0.1, -0.05) is 18.8 Å². The summed E-state index contributed by atoms with van der Waals surface area (Å²) in [7, 11) is 2.98. The van der Waals surface area contributed by atoms with Crippen LogP contribution in [-0.4, -0.2) is 31.6 Å². The van der Waals surface area contributed by atoms with Gasteiger partial charge in [0.1, 0.15) is 5.75 Å². The van der Waals surface area contributed by atoms with Crippen molar-refractivity contribution >= 4 is 0 Å². The Hall–Kier alpha value is -1.02. The topological polar surface area (TPSA) is 12.5 Å². The molecule has 0 unspecified atom stereocenters. The Morgan fingerprint density at radius 3 is 3.20 bits per heavy atom. The highest BCUT2D eigenvalue weighted by atomic mass is 16.5. The fourth-order valence-corrected chi connectivity index (χ4v) is 3.54. The van der Waals surface area contributed by atoms with Gasteiger partial charge in [0, 0.05) is 25.1 Å². The van der Waals surface area contributed by atoms with E-state index in [-0.39, 0.29) is 24.9 Å². The van der Waals surface area contributed by atoms with Crippen molar-refractivity contribution < 1.29 is 18.4 Å². The largest absolute Gasteiger partial charge is 0.497 e. The third-order valence-electron chi connectivity index (χ3n) is 4.66. The molecule has 0 radical (unpaired) electrons. The van der Waals surface area contributed by atoms with Crippen LogP contribution in [0.15, 0.2) is 18.2 Å². The van der Waals surface area contributed by atoms with Crippen LogP contribution in [0.2, 0.25) is 0 Å². The quantitative estimate of drug-likeness (QED) is 0.782. The summed E-state index contributed by atoms with van der Waals surface area (Å²) in [5.74, 6) is -2.29. The molecule has 1 heterocycles. The Kier molecular flexibility index (Phi) is 1.35. The molecule has 2 aliphatic carbocycles. The van der Waals surface area contributed by atoms with E-state index >= 15 is 0 Å². The molecule has 0 N–H and O–H groups in total. The summed E-state index contributed by atoms with van der Waals surface area (Å²) in [4.78, 5) is 1.48. The lowest BCUT2D eigenvalue weighted by atomic mass is 9.52. The molecule has 2 heteroatoms. The van der Waals surface area contributed by atoms with Crippen LogP contribution < -0.4 is 4.74 Å². The highest BCUT2D eigenvalue weighted by molar-refractivity contribution is 5.45. The molecule has 108 valence electrons. The molecule has 0 spiro atoms. The predicted octanol–water partition coefficient (Wildman–Crippen LogP) is 3.38. The van der Waals surface area contributed by atoms with Crippen LogP contribution in [0.25, 0.3) is 0 Å². The van der Waals surface area contributed by atoms with E-state index in [4.69, 9.17) is 15.7 Å². The maximum absolute atomic E-state index is 9.47. The average molecular weight is 281 g/mol. The van der Waals surface area contributed by atoms with Crippen LogP contribution in [0.4, 0.5) is 0 Å². The van der Waals surface area contributed by atoms with E-state index in [1.165, 1.54) is 18.1 Å². The third-order valence-corrected chi connectivity index (χ3v) is 4.66. The van der Waals surface area contributed by atoms with Gasteiger partial charge in [-0.15, -0.1) is 0 Å². The fourth-order valence-electron chi connectivity index (χ4n) is 3.54. The zero-order chi connectivity index (χ0) is 22.8. The maximum Gasteiger partial charge on any atom is 0.119 e. The number of ether oxygens (including phenoxy) is 1. The summed E-state index contributed by atoms with van der Waals surface area (Å²) in [5, 5.41) is 0. The van der Waals surface area contributed by atoms with Crippen molar-refractivity contribution in [1.29, 1.82) is 0 Å². The van der Waals surface area contributed by atoms with Crippen LogP contribution in [0, 0.1) is 5.89 Å². The van der Waals surface area contributed by atoms with E-state index in [9.17, 15) is 2.74 Å².